The maximum absolute atomic E-state index is 5.05. The molecule has 0 fully saturated rings. The van der Waals surface area contributed by atoms with E-state index in [0.29, 0.717) is 0 Å². The fourth-order valence-corrected chi connectivity index (χ4v) is 4.64. The Morgan fingerprint density at radius 3 is 1.78 bits per heavy atom. The minimum absolute atomic E-state index is 0.973. The molecular weight excluding hydrogens is 387 g/mol. The van der Waals surface area contributed by atoms with E-state index >= 15 is 0 Å². The van der Waals surface area contributed by atoms with E-state index in [-0.39, 0.29) is 0 Å². The summed E-state index contributed by atoms with van der Waals surface area (Å²) in [4.78, 5) is 5.05. The first-order chi connectivity index (χ1) is 15.8. The lowest BCUT2D eigenvalue weighted by Gasteiger charge is -2.13. The molecule has 0 unspecified atom stereocenters. The van der Waals surface area contributed by atoms with Gasteiger partial charge in [0.2, 0.25) is 0 Å². The van der Waals surface area contributed by atoms with Crippen LogP contribution in [0.25, 0.3) is 50.0 Å². The van der Waals surface area contributed by atoms with Gasteiger partial charge in [-0.1, -0.05) is 96.5 Å². The van der Waals surface area contributed by atoms with E-state index in [2.05, 4.69) is 116 Å². The first-order valence-electron chi connectivity index (χ1n) is 10.9. The molecule has 0 radical (unpaired) electrons. The summed E-state index contributed by atoms with van der Waals surface area (Å²) < 4.78 is 2.37. The van der Waals surface area contributed by atoms with Gasteiger partial charge in [0.05, 0.1) is 28.1 Å². The van der Waals surface area contributed by atoms with Crippen molar-refractivity contribution in [3.8, 4) is 28.2 Å². The van der Waals surface area contributed by atoms with E-state index in [1.54, 1.807) is 0 Å². The molecule has 2 aromatic heterocycles. The minimum Gasteiger partial charge on any atom is -0.309 e. The molecule has 2 nitrogen and oxygen atoms in total. The van der Waals surface area contributed by atoms with Gasteiger partial charge in [0, 0.05) is 21.9 Å². The quantitative estimate of drug-likeness (QED) is 0.340. The summed E-state index contributed by atoms with van der Waals surface area (Å²) in [6, 6.07) is 40.5. The van der Waals surface area contributed by atoms with E-state index in [1.807, 2.05) is 12.1 Å². The molecule has 2 heterocycles. The normalized spacial score (nSPS) is 11.2. The zero-order valence-corrected chi connectivity index (χ0v) is 17.9. The number of fused-ring (bicyclic) bond motifs is 3. The third-order valence-corrected chi connectivity index (χ3v) is 6.11. The maximum atomic E-state index is 5.05. The Balaban J connectivity index is 1.71. The third kappa shape index (κ3) is 3.02. The van der Waals surface area contributed by atoms with Crippen molar-refractivity contribution < 1.29 is 0 Å². The fraction of sp³-hybridized carbons (Fsp3) is 0. The van der Waals surface area contributed by atoms with E-state index in [9.17, 15) is 0 Å². The van der Waals surface area contributed by atoms with Gasteiger partial charge in [-0.05, 0) is 24.3 Å². The summed E-state index contributed by atoms with van der Waals surface area (Å²) in [6.07, 6.45) is 0. The highest BCUT2D eigenvalue weighted by molar-refractivity contribution is 6.41. The minimum atomic E-state index is 0.973. The molecule has 6 rings (SSSR count). The van der Waals surface area contributed by atoms with Crippen LogP contribution < -0.4 is 5.46 Å². The van der Waals surface area contributed by atoms with Crippen molar-refractivity contribution in [2.75, 3.05) is 0 Å². The van der Waals surface area contributed by atoms with Crippen LogP contribution in [0.15, 0.2) is 115 Å². The molecule has 0 aliphatic carbocycles. The van der Waals surface area contributed by atoms with Gasteiger partial charge in [0.1, 0.15) is 7.85 Å². The molecule has 150 valence electrons. The van der Waals surface area contributed by atoms with Crippen LogP contribution in [-0.2, 0) is 0 Å². The third-order valence-electron chi connectivity index (χ3n) is 6.11. The highest BCUT2D eigenvalue weighted by Gasteiger charge is 2.15. The van der Waals surface area contributed by atoms with Crippen molar-refractivity contribution in [2.45, 2.75) is 0 Å². The SMILES string of the molecule is Bc1cccc2c1c1ccccc1n2-c1cc(-c2ccccc2)nc(-c2ccccc2)c1. The highest BCUT2D eigenvalue weighted by Crippen LogP contribution is 2.33. The number of benzene rings is 4. The molecule has 6 aromatic rings. The first kappa shape index (κ1) is 18.6. The van der Waals surface area contributed by atoms with E-state index < -0.39 is 0 Å². The largest absolute Gasteiger partial charge is 0.309 e. The summed E-state index contributed by atoms with van der Waals surface area (Å²) >= 11 is 0. The van der Waals surface area contributed by atoms with Crippen LogP contribution in [0.3, 0.4) is 0 Å². The second-order valence-corrected chi connectivity index (χ2v) is 8.15. The Bertz CT molecular complexity index is 1510. The van der Waals surface area contributed by atoms with Crippen molar-refractivity contribution in [3.63, 3.8) is 0 Å². The molecule has 0 aliphatic rings. The number of para-hydroxylation sites is 1. The molecule has 3 heteroatoms. The molecule has 0 aliphatic heterocycles. The van der Waals surface area contributed by atoms with Crippen LogP contribution in [0, 0.1) is 0 Å². The Labute approximate surface area is 188 Å². The Morgan fingerprint density at radius 1 is 0.562 bits per heavy atom. The zero-order valence-electron chi connectivity index (χ0n) is 17.9. The smallest absolute Gasteiger partial charge is 0.140 e. The van der Waals surface area contributed by atoms with Crippen molar-refractivity contribution in [1.82, 2.24) is 9.55 Å². The topological polar surface area (TPSA) is 17.8 Å². The van der Waals surface area contributed by atoms with Gasteiger partial charge in [-0.15, -0.1) is 0 Å². The van der Waals surface area contributed by atoms with Crippen LogP contribution in [-0.4, -0.2) is 17.4 Å². The summed E-state index contributed by atoms with van der Waals surface area (Å²) in [5.74, 6) is 0. The molecule has 0 bridgehead atoms. The molecule has 32 heavy (non-hydrogen) atoms. The molecule has 0 spiro atoms. The number of pyridine rings is 1. The Morgan fingerprint density at radius 2 is 1.12 bits per heavy atom. The lowest BCUT2D eigenvalue weighted by atomic mass is 9.91. The molecule has 0 amide bonds. The van der Waals surface area contributed by atoms with Crippen molar-refractivity contribution in [3.05, 3.63) is 115 Å². The summed E-state index contributed by atoms with van der Waals surface area (Å²) in [5, 5.41) is 2.59. The average molecular weight is 408 g/mol. The van der Waals surface area contributed by atoms with Crippen LogP contribution in [0.1, 0.15) is 0 Å². The first-order valence-corrected chi connectivity index (χ1v) is 10.9. The van der Waals surface area contributed by atoms with Gasteiger partial charge in [-0.25, -0.2) is 4.98 Å². The zero-order chi connectivity index (χ0) is 21.5. The molecule has 0 N–H and O–H groups in total. The van der Waals surface area contributed by atoms with Crippen LogP contribution in [0.2, 0.25) is 0 Å². The van der Waals surface area contributed by atoms with Crippen LogP contribution in [0.5, 0.6) is 0 Å². The maximum Gasteiger partial charge on any atom is 0.140 e. The number of hydrogen-bond acceptors (Lipinski definition) is 1. The number of aromatic nitrogens is 2. The van der Waals surface area contributed by atoms with Crippen molar-refractivity contribution in [1.29, 1.82) is 0 Å². The van der Waals surface area contributed by atoms with Gasteiger partial charge in [-0.2, -0.15) is 0 Å². The van der Waals surface area contributed by atoms with Gasteiger partial charge in [0.15, 0.2) is 0 Å². The molecular formula is C29H21BN2. The highest BCUT2D eigenvalue weighted by atomic mass is 15.0. The summed E-state index contributed by atoms with van der Waals surface area (Å²) in [6.45, 7) is 0. The number of rotatable bonds is 3. The van der Waals surface area contributed by atoms with Crippen LogP contribution >= 0.6 is 0 Å². The monoisotopic (exact) mass is 408 g/mol. The van der Waals surface area contributed by atoms with Crippen molar-refractivity contribution >= 4 is 35.1 Å². The van der Waals surface area contributed by atoms with Gasteiger partial charge >= 0.3 is 0 Å². The second-order valence-electron chi connectivity index (χ2n) is 8.15. The standard InChI is InChI=1S/C29H21BN2/c30-24-15-9-17-28-29(24)23-14-7-8-16-27(23)32(28)22-18-25(20-10-3-1-4-11-20)31-26(19-22)21-12-5-2-6-13-21/h1-19H,30H2. The lowest BCUT2D eigenvalue weighted by molar-refractivity contribution is 1.16. The summed E-state index contributed by atoms with van der Waals surface area (Å²) in [5.41, 5.74) is 9.01. The van der Waals surface area contributed by atoms with E-state index in [4.69, 9.17) is 4.98 Å². The average Bonchev–Trinajstić information content (AvgIpc) is 3.20. The molecule has 4 aromatic carbocycles. The van der Waals surface area contributed by atoms with Crippen molar-refractivity contribution in [2.24, 2.45) is 0 Å². The van der Waals surface area contributed by atoms with E-state index in [0.717, 1.165) is 28.2 Å². The fourth-order valence-electron chi connectivity index (χ4n) is 4.64. The molecule has 0 saturated carbocycles. The molecule has 0 atom stereocenters. The van der Waals surface area contributed by atoms with Gasteiger partial charge < -0.3 is 4.57 Å². The molecule has 0 saturated heterocycles. The van der Waals surface area contributed by atoms with Gasteiger partial charge in [-0.3, -0.25) is 0 Å². The summed E-state index contributed by atoms with van der Waals surface area (Å²) in [7, 11) is 2.19. The Kier molecular flexibility index (Phi) is 4.40. The second kappa shape index (κ2) is 7.54. The number of nitrogens with zero attached hydrogens (tertiary/aromatic N) is 2. The van der Waals surface area contributed by atoms with Crippen LogP contribution in [0.4, 0.5) is 0 Å². The lowest BCUT2D eigenvalue weighted by Crippen LogP contribution is -2.03. The predicted molar refractivity (Wildman–Crippen MR) is 138 cm³/mol. The number of hydrogen-bond donors (Lipinski definition) is 0. The predicted octanol–water partition coefficient (Wildman–Crippen LogP) is 5.77. The van der Waals surface area contributed by atoms with Gasteiger partial charge in [0.25, 0.3) is 0 Å². The Hall–Kier alpha value is -4.11. The van der Waals surface area contributed by atoms with E-state index in [1.165, 1.54) is 27.3 Å².